The van der Waals surface area contributed by atoms with Crippen LogP contribution in [-0.2, 0) is 17.8 Å². The number of carbonyl (C=O) groups is 1. The molecule has 0 saturated carbocycles. The van der Waals surface area contributed by atoms with Gasteiger partial charge in [0.25, 0.3) is 0 Å². The molecule has 4 aromatic rings. The first kappa shape index (κ1) is 30.7. The van der Waals surface area contributed by atoms with Gasteiger partial charge < -0.3 is 30.9 Å². The summed E-state index contributed by atoms with van der Waals surface area (Å²) < 4.78 is 5.88. The number of hydrogen-bond donors (Lipinski definition) is 5. The molecule has 0 saturated heterocycles. The minimum absolute atomic E-state index is 0. The molecular formula is C32H36ClN3O4. The Balaban J connectivity index is 0.00000441. The van der Waals surface area contributed by atoms with Gasteiger partial charge in [-0.25, -0.2) is 0 Å². The van der Waals surface area contributed by atoms with Gasteiger partial charge in [-0.3, -0.25) is 4.79 Å². The topological polar surface area (TPSA) is 103 Å². The number of carbonyl (C=O) groups excluding carboxylic acids is 1. The molecule has 0 spiro atoms. The molecule has 2 atom stereocenters. The van der Waals surface area contributed by atoms with Gasteiger partial charge in [-0.15, -0.1) is 12.4 Å². The predicted molar refractivity (Wildman–Crippen MR) is 162 cm³/mol. The first-order valence-electron chi connectivity index (χ1n) is 13.1. The maximum absolute atomic E-state index is 11.1. The monoisotopic (exact) mass is 561 g/mol. The fraction of sp³-hybridized carbons (Fsp3) is 0.219. The Morgan fingerprint density at radius 3 is 2.12 bits per heavy atom. The van der Waals surface area contributed by atoms with Crippen LogP contribution in [0.25, 0.3) is 0 Å². The largest absolute Gasteiger partial charge is 0.487 e. The smallest absolute Gasteiger partial charge is 0.211 e. The third-order valence-corrected chi connectivity index (χ3v) is 6.41. The van der Waals surface area contributed by atoms with Gasteiger partial charge in [-0.05, 0) is 59.5 Å². The van der Waals surface area contributed by atoms with Crippen molar-refractivity contribution in [2.24, 2.45) is 0 Å². The van der Waals surface area contributed by atoms with E-state index < -0.39 is 12.2 Å². The molecule has 8 heteroatoms. The number of benzene rings is 4. The van der Waals surface area contributed by atoms with Crippen molar-refractivity contribution in [2.45, 2.75) is 25.2 Å². The minimum Gasteiger partial charge on any atom is -0.487 e. The standard InChI is InChI=1S/C32H35N3O4.ClH/c36-23-35-29-19-27(13-16-32(29)39-22-25-7-3-1-4-8-25)30(37)20-33-18-17-24-11-14-28(15-12-24)34-21-31(38)26-9-5-2-6-10-26;/h1-16,19,23,30-31,33-34,37-38H,17-18,20-22H2,(H,35,36);1H. The molecular weight excluding hydrogens is 526 g/mol. The summed E-state index contributed by atoms with van der Waals surface area (Å²) >= 11 is 0. The molecule has 0 aliphatic heterocycles. The van der Waals surface area contributed by atoms with Gasteiger partial charge in [-0.1, -0.05) is 78.9 Å². The molecule has 1 amide bonds. The van der Waals surface area contributed by atoms with Crippen LogP contribution in [0.1, 0.15) is 34.5 Å². The van der Waals surface area contributed by atoms with Crippen LogP contribution in [0, 0.1) is 0 Å². The minimum atomic E-state index is -0.733. The normalized spacial score (nSPS) is 12.1. The number of aliphatic hydroxyl groups is 2. The average Bonchev–Trinajstić information content (AvgIpc) is 2.99. The lowest BCUT2D eigenvalue weighted by atomic mass is 10.1. The van der Waals surface area contributed by atoms with Crippen molar-refractivity contribution in [3.8, 4) is 5.75 Å². The van der Waals surface area contributed by atoms with Gasteiger partial charge in [0.2, 0.25) is 6.41 Å². The van der Waals surface area contributed by atoms with Gasteiger partial charge in [0.1, 0.15) is 12.4 Å². The summed E-state index contributed by atoms with van der Waals surface area (Å²) in [6.07, 6.45) is 0.114. The van der Waals surface area contributed by atoms with Crippen molar-refractivity contribution >= 4 is 30.2 Å². The zero-order valence-electron chi connectivity index (χ0n) is 22.2. The second-order valence-corrected chi connectivity index (χ2v) is 9.27. The number of rotatable bonds is 15. The van der Waals surface area contributed by atoms with E-state index in [1.165, 1.54) is 5.56 Å². The molecule has 0 aliphatic carbocycles. The molecule has 0 heterocycles. The molecule has 0 bridgehead atoms. The highest BCUT2D eigenvalue weighted by atomic mass is 35.5. The molecule has 0 aliphatic rings. The lowest BCUT2D eigenvalue weighted by Gasteiger charge is -2.16. The Morgan fingerprint density at radius 2 is 1.43 bits per heavy atom. The van der Waals surface area contributed by atoms with Crippen molar-refractivity contribution in [3.63, 3.8) is 0 Å². The first-order valence-corrected chi connectivity index (χ1v) is 13.1. The average molecular weight is 562 g/mol. The number of amides is 1. The van der Waals surface area contributed by atoms with Crippen molar-refractivity contribution < 1.29 is 19.7 Å². The first-order chi connectivity index (χ1) is 19.1. The molecule has 40 heavy (non-hydrogen) atoms. The molecule has 4 rings (SSSR count). The summed E-state index contributed by atoms with van der Waals surface area (Å²) in [5.74, 6) is 0.544. The Labute approximate surface area is 241 Å². The van der Waals surface area contributed by atoms with Crippen molar-refractivity contribution in [1.82, 2.24) is 5.32 Å². The SMILES string of the molecule is Cl.O=CNc1cc(C(O)CNCCc2ccc(NCC(O)c3ccccc3)cc2)ccc1OCc1ccccc1. The molecule has 2 unspecified atom stereocenters. The number of hydrogen-bond acceptors (Lipinski definition) is 6. The Morgan fingerprint density at radius 1 is 0.750 bits per heavy atom. The van der Waals surface area contributed by atoms with Gasteiger partial charge >= 0.3 is 0 Å². The fourth-order valence-corrected chi connectivity index (χ4v) is 4.18. The van der Waals surface area contributed by atoms with Crippen molar-refractivity contribution in [2.75, 3.05) is 30.3 Å². The van der Waals surface area contributed by atoms with E-state index in [0.717, 1.165) is 23.2 Å². The molecule has 7 nitrogen and oxygen atoms in total. The van der Waals surface area contributed by atoms with E-state index in [1.54, 1.807) is 12.1 Å². The quantitative estimate of drug-likeness (QED) is 0.100. The molecule has 0 aromatic heterocycles. The highest BCUT2D eigenvalue weighted by Gasteiger charge is 2.12. The van der Waals surface area contributed by atoms with E-state index in [0.29, 0.717) is 49.7 Å². The van der Waals surface area contributed by atoms with Crippen LogP contribution in [0.3, 0.4) is 0 Å². The lowest BCUT2D eigenvalue weighted by molar-refractivity contribution is -0.105. The molecule has 5 N–H and O–H groups in total. The van der Waals surface area contributed by atoms with Gasteiger partial charge in [-0.2, -0.15) is 0 Å². The van der Waals surface area contributed by atoms with Crippen LogP contribution >= 0.6 is 12.4 Å². The number of nitrogens with one attached hydrogen (secondary N) is 3. The van der Waals surface area contributed by atoms with E-state index in [2.05, 4.69) is 28.1 Å². The number of anilines is 2. The molecule has 0 radical (unpaired) electrons. The number of aliphatic hydroxyl groups excluding tert-OH is 2. The molecule has 0 fully saturated rings. The number of ether oxygens (including phenoxy) is 1. The highest BCUT2D eigenvalue weighted by Crippen LogP contribution is 2.29. The van der Waals surface area contributed by atoms with Crippen LogP contribution in [0.15, 0.2) is 103 Å². The van der Waals surface area contributed by atoms with Crippen LogP contribution in [-0.4, -0.2) is 36.3 Å². The van der Waals surface area contributed by atoms with E-state index in [1.807, 2.05) is 78.9 Å². The van der Waals surface area contributed by atoms with Crippen molar-refractivity contribution in [3.05, 3.63) is 125 Å². The summed E-state index contributed by atoms with van der Waals surface area (Å²) in [6.45, 7) is 1.90. The molecule has 210 valence electrons. The zero-order valence-corrected chi connectivity index (χ0v) is 23.0. The van der Waals surface area contributed by atoms with E-state index in [9.17, 15) is 15.0 Å². The predicted octanol–water partition coefficient (Wildman–Crippen LogP) is 5.27. The Hall–Kier alpha value is -3.88. The van der Waals surface area contributed by atoms with Crippen LogP contribution < -0.4 is 20.7 Å². The van der Waals surface area contributed by atoms with Gasteiger partial charge in [0, 0.05) is 18.8 Å². The van der Waals surface area contributed by atoms with Gasteiger partial charge in [0.05, 0.1) is 17.9 Å². The summed E-state index contributed by atoms with van der Waals surface area (Å²) in [7, 11) is 0. The van der Waals surface area contributed by atoms with E-state index in [4.69, 9.17) is 4.74 Å². The summed E-state index contributed by atoms with van der Waals surface area (Å²) in [4.78, 5) is 11.1. The number of halogens is 1. The summed E-state index contributed by atoms with van der Waals surface area (Å²) in [5.41, 5.74) is 5.24. The van der Waals surface area contributed by atoms with E-state index >= 15 is 0 Å². The Kier molecular flexibility index (Phi) is 12.5. The second kappa shape index (κ2) is 16.3. The van der Waals surface area contributed by atoms with Crippen LogP contribution in [0.4, 0.5) is 11.4 Å². The Bertz CT molecular complexity index is 1290. The lowest BCUT2D eigenvalue weighted by Crippen LogP contribution is -2.23. The highest BCUT2D eigenvalue weighted by molar-refractivity contribution is 5.85. The van der Waals surface area contributed by atoms with Gasteiger partial charge in [0.15, 0.2) is 0 Å². The summed E-state index contributed by atoms with van der Waals surface area (Å²) in [6, 6.07) is 32.8. The van der Waals surface area contributed by atoms with Crippen LogP contribution in [0.2, 0.25) is 0 Å². The second-order valence-electron chi connectivity index (χ2n) is 9.27. The summed E-state index contributed by atoms with van der Waals surface area (Å²) in [5, 5.41) is 30.2. The third-order valence-electron chi connectivity index (χ3n) is 6.41. The van der Waals surface area contributed by atoms with Crippen molar-refractivity contribution in [1.29, 1.82) is 0 Å². The zero-order chi connectivity index (χ0) is 27.3. The maximum Gasteiger partial charge on any atom is 0.211 e. The van der Waals surface area contributed by atoms with E-state index in [-0.39, 0.29) is 12.4 Å². The third kappa shape index (κ3) is 9.39. The van der Waals surface area contributed by atoms with Crippen LogP contribution in [0.5, 0.6) is 5.75 Å². The molecule has 4 aromatic carbocycles. The fourth-order valence-electron chi connectivity index (χ4n) is 4.18. The maximum atomic E-state index is 11.1.